The van der Waals surface area contributed by atoms with E-state index in [-0.39, 0.29) is 5.75 Å². The van der Waals surface area contributed by atoms with Crippen molar-refractivity contribution in [1.82, 2.24) is 0 Å². The van der Waals surface area contributed by atoms with Crippen molar-refractivity contribution in [2.24, 2.45) is 0 Å². The van der Waals surface area contributed by atoms with Crippen LogP contribution in [0.4, 0.5) is 15.8 Å². The van der Waals surface area contributed by atoms with Gasteiger partial charge >= 0.3 is 0 Å². The highest BCUT2D eigenvalue weighted by Gasteiger charge is 2.22. The number of nitrogens with two attached hydrogens (primary N) is 1. The molecule has 1 fully saturated rings. The lowest BCUT2D eigenvalue weighted by molar-refractivity contribution is 0.386. The van der Waals surface area contributed by atoms with Crippen molar-refractivity contribution >= 4 is 23.1 Å². The fourth-order valence-corrected chi connectivity index (χ4v) is 3.39. The molecule has 0 bridgehead atoms. The van der Waals surface area contributed by atoms with E-state index in [1.54, 1.807) is 6.07 Å². The molecule has 1 aromatic rings. The minimum absolute atomic E-state index is 0.230. The van der Waals surface area contributed by atoms with E-state index >= 15 is 0 Å². The van der Waals surface area contributed by atoms with Crippen molar-refractivity contribution in [3.05, 3.63) is 17.9 Å². The first-order valence-electron chi connectivity index (χ1n) is 6.56. The second-order valence-electron chi connectivity index (χ2n) is 4.94. The summed E-state index contributed by atoms with van der Waals surface area (Å²) in [6.07, 6.45) is 6.92. The van der Waals surface area contributed by atoms with Gasteiger partial charge in [0.15, 0.2) is 11.6 Å². The number of methoxy groups -OCH3 is 1. The van der Waals surface area contributed by atoms with Crippen LogP contribution in [0.2, 0.25) is 0 Å². The number of benzene rings is 1. The summed E-state index contributed by atoms with van der Waals surface area (Å²) in [7, 11) is 1.46. The third-order valence-electron chi connectivity index (χ3n) is 3.64. The average Bonchev–Trinajstić information content (AvgIpc) is 2.42. The van der Waals surface area contributed by atoms with E-state index in [0.29, 0.717) is 17.0 Å². The number of hydrogen-bond donors (Lipinski definition) is 2. The van der Waals surface area contributed by atoms with Gasteiger partial charge in [-0.1, -0.05) is 6.42 Å². The van der Waals surface area contributed by atoms with E-state index in [1.807, 2.05) is 11.8 Å². The summed E-state index contributed by atoms with van der Waals surface area (Å²) in [6.45, 7) is 0. The molecule has 0 amide bonds. The van der Waals surface area contributed by atoms with Gasteiger partial charge in [-0.3, -0.25) is 0 Å². The smallest absolute Gasteiger partial charge is 0.167 e. The van der Waals surface area contributed by atoms with E-state index in [1.165, 1.54) is 26.0 Å². The number of nitrogens with one attached hydrogen (secondary N) is 1. The molecule has 5 heteroatoms. The topological polar surface area (TPSA) is 47.3 Å². The molecule has 0 spiro atoms. The lowest BCUT2D eigenvalue weighted by atomic mass is 9.94. The zero-order chi connectivity index (χ0) is 13.8. The third-order valence-corrected chi connectivity index (χ3v) is 4.74. The van der Waals surface area contributed by atoms with E-state index in [9.17, 15) is 4.39 Å². The largest absolute Gasteiger partial charge is 0.494 e. The van der Waals surface area contributed by atoms with Crippen LogP contribution in [-0.4, -0.2) is 24.7 Å². The molecular weight excluding hydrogens is 263 g/mol. The quantitative estimate of drug-likeness (QED) is 0.831. The van der Waals surface area contributed by atoms with Gasteiger partial charge in [-0.2, -0.15) is 11.8 Å². The first-order chi connectivity index (χ1) is 9.13. The highest BCUT2D eigenvalue weighted by Crippen LogP contribution is 2.32. The summed E-state index contributed by atoms with van der Waals surface area (Å²) in [5, 5.41) is 4.13. The number of rotatable bonds is 4. The maximum atomic E-state index is 13.5. The molecular formula is C14H21FN2OS. The standard InChI is InChI=1S/C14H21FN2OS/c1-18-14-8-13(12(16)7-11(14)15)17-9-4-3-5-10(6-9)19-2/h7-10,17H,3-6,16H2,1-2H3. The molecule has 3 N–H and O–H groups in total. The normalized spacial score (nSPS) is 23.1. The maximum Gasteiger partial charge on any atom is 0.167 e. The molecule has 3 nitrogen and oxygen atoms in total. The van der Waals surface area contributed by atoms with Crippen LogP contribution < -0.4 is 15.8 Å². The summed E-state index contributed by atoms with van der Waals surface area (Å²) in [5.41, 5.74) is 7.07. The minimum atomic E-state index is -0.420. The van der Waals surface area contributed by atoms with Crippen LogP contribution >= 0.6 is 11.8 Å². The molecule has 1 aliphatic carbocycles. The maximum absolute atomic E-state index is 13.5. The Morgan fingerprint density at radius 2 is 2.21 bits per heavy atom. The summed E-state index contributed by atoms with van der Waals surface area (Å²) >= 11 is 1.92. The fourth-order valence-electron chi connectivity index (χ4n) is 2.56. The fraction of sp³-hybridized carbons (Fsp3) is 0.571. The van der Waals surface area contributed by atoms with Crippen LogP contribution in [0.25, 0.3) is 0 Å². The molecule has 19 heavy (non-hydrogen) atoms. The Morgan fingerprint density at radius 3 is 2.89 bits per heavy atom. The molecule has 1 saturated carbocycles. The second-order valence-corrected chi connectivity index (χ2v) is 6.08. The van der Waals surface area contributed by atoms with Gasteiger partial charge in [0.2, 0.25) is 0 Å². The summed E-state index contributed by atoms with van der Waals surface area (Å²) in [5.74, 6) is -0.190. The van der Waals surface area contributed by atoms with E-state index in [0.717, 1.165) is 18.5 Å². The van der Waals surface area contributed by atoms with Gasteiger partial charge in [0.25, 0.3) is 0 Å². The van der Waals surface area contributed by atoms with E-state index in [4.69, 9.17) is 10.5 Å². The molecule has 0 heterocycles. The second kappa shape index (κ2) is 6.37. The third kappa shape index (κ3) is 3.47. The molecule has 1 aliphatic rings. The van der Waals surface area contributed by atoms with Crippen molar-refractivity contribution in [3.8, 4) is 5.75 Å². The van der Waals surface area contributed by atoms with Gasteiger partial charge in [0, 0.05) is 23.4 Å². The van der Waals surface area contributed by atoms with E-state index < -0.39 is 5.82 Å². The Hall–Kier alpha value is -1.10. The lowest BCUT2D eigenvalue weighted by Crippen LogP contribution is -2.28. The van der Waals surface area contributed by atoms with Crippen LogP contribution in [0.1, 0.15) is 25.7 Å². The monoisotopic (exact) mass is 284 g/mol. The summed E-state index contributed by atoms with van der Waals surface area (Å²) in [6, 6.07) is 3.37. The van der Waals surface area contributed by atoms with Gasteiger partial charge in [-0.05, 0) is 25.5 Å². The SMILES string of the molecule is COc1cc(NC2CCCC(SC)C2)c(N)cc1F. The minimum Gasteiger partial charge on any atom is -0.494 e. The zero-order valence-corrected chi connectivity index (χ0v) is 12.2. The van der Waals surface area contributed by atoms with Crippen LogP contribution in [-0.2, 0) is 0 Å². The molecule has 106 valence electrons. The number of thioether (sulfide) groups is 1. The Labute approximate surface area is 118 Å². The van der Waals surface area contributed by atoms with Crippen LogP contribution in [0.5, 0.6) is 5.75 Å². The molecule has 0 aliphatic heterocycles. The number of hydrogen-bond acceptors (Lipinski definition) is 4. The van der Waals surface area contributed by atoms with Crippen LogP contribution in [0.3, 0.4) is 0 Å². The van der Waals surface area contributed by atoms with Crippen molar-refractivity contribution in [2.75, 3.05) is 24.4 Å². The first kappa shape index (κ1) is 14.3. The van der Waals surface area contributed by atoms with Gasteiger partial charge < -0.3 is 15.8 Å². The zero-order valence-electron chi connectivity index (χ0n) is 11.4. The molecule has 2 atom stereocenters. The van der Waals surface area contributed by atoms with Gasteiger partial charge in [-0.15, -0.1) is 0 Å². The van der Waals surface area contributed by atoms with Gasteiger partial charge in [0.05, 0.1) is 18.5 Å². The highest BCUT2D eigenvalue weighted by atomic mass is 32.2. The van der Waals surface area contributed by atoms with Crippen molar-refractivity contribution in [3.63, 3.8) is 0 Å². The molecule has 0 saturated heterocycles. The highest BCUT2D eigenvalue weighted by molar-refractivity contribution is 7.99. The predicted molar refractivity (Wildman–Crippen MR) is 80.5 cm³/mol. The number of anilines is 2. The summed E-state index contributed by atoms with van der Waals surface area (Å²) < 4.78 is 18.5. The number of ether oxygens (including phenoxy) is 1. The van der Waals surface area contributed by atoms with Crippen molar-refractivity contribution < 1.29 is 9.13 Å². The van der Waals surface area contributed by atoms with Crippen molar-refractivity contribution in [1.29, 1.82) is 0 Å². The number of halogens is 1. The van der Waals surface area contributed by atoms with Crippen molar-refractivity contribution in [2.45, 2.75) is 37.0 Å². The predicted octanol–water partition coefficient (Wildman–Crippen LogP) is 3.50. The molecule has 2 rings (SSSR count). The Morgan fingerprint density at radius 1 is 1.42 bits per heavy atom. The van der Waals surface area contributed by atoms with Crippen LogP contribution in [0.15, 0.2) is 12.1 Å². The van der Waals surface area contributed by atoms with E-state index in [2.05, 4.69) is 11.6 Å². The molecule has 2 unspecified atom stereocenters. The Bertz CT molecular complexity index is 442. The summed E-state index contributed by atoms with van der Waals surface area (Å²) in [4.78, 5) is 0. The Kier molecular flexibility index (Phi) is 4.80. The van der Waals surface area contributed by atoms with Crippen LogP contribution in [0, 0.1) is 5.82 Å². The molecule has 1 aromatic carbocycles. The number of nitrogen functional groups attached to an aromatic ring is 1. The first-order valence-corrected chi connectivity index (χ1v) is 7.85. The molecule has 0 aromatic heterocycles. The van der Waals surface area contributed by atoms with Gasteiger partial charge in [0.1, 0.15) is 0 Å². The lowest BCUT2D eigenvalue weighted by Gasteiger charge is -2.30. The Balaban J connectivity index is 2.10. The average molecular weight is 284 g/mol. The van der Waals surface area contributed by atoms with Gasteiger partial charge in [-0.25, -0.2) is 4.39 Å². The molecule has 0 radical (unpaired) electrons.